The number of methoxy groups -OCH3 is 1. The number of aliphatic hydroxyl groups excluding tert-OH is 1. The fourth-order valence-electron chi connectivity index (χ4n) is 1.94. The molecule has 4 heteroatoms. The van der Waals surface area contributed by atoms with Crippen molar-refractivity contribution in [1.82, 2.24) is 5.32 Å². The van der Waals surface area contributed by atoms with Crippen molar-refractivity contribution in [2.75, 3.05) is 13.7 Å². The van der Waals surface area contributed by atoms with E-state index in [4.69, 9.17) is 4.74 Å². The van der Waals surface area contributed by atoms with Crippen LogP contribution >= 0.6 is 0 Å². The van der Waals surface area contributed by atoms with Gasteiger partial charge in [0, 0.05) is 12.1 Å². The van der Waals surface area contributed by atoms with E-state index in [0.717, 1.165) is 18.4 Å². The average molecular weight is 253 g/mol. The van der Waals surface area contributed by atoms with Crippen LogP contribution in [0.15, 0.2) is 18.2 Å². The molecule has 0 aliphatic rings. The Bertz CT molecular complexity index is 381. The Morgan fingerprint density at radius 3 is 2.61 bits per heavy atom. The van der Waals surface area contributed by atoms with Crippen LogP contribution in [-0.2, 0) is 6.54 Å². The first-order chi connectivity index (χ1) is 8.54. The van der Waals surface area contributed by atoms with Crippen LogP contribution in [0, 0.1) is 0 Å². The number of hydrogen-bond donors (Lipinski definition) is 3. The maximum absolute atomic E-state index is 9.68. The number of aliphatic hydroxyl groups is 1. The summed E-state index contributed by atoms with van der Waals surface area (Å²) < 4.78 is 4.99. The first-order valence-electron chi connectivity index (χ1n) is 6.26. The summed E-state index contributed by atoms with van der Waals surface area (Å²) in [5.74, 6) is 0.607. The molecule has 1 atom stereocenters. The van der Waals surface area contributed by atoms with Crippen LogP contribution in [0.25, 0.3) is 0 Å². The maximum atomic E-state index is 9.68. The average Bonchev–Trinajstić information content (AvgIpc) is 2.37. The van der Waals surface area contributed by atoms with Gasteiger partial charge in [0.1, 0.15) is 0 Å². The number of hydrogen-bond acceptors (Lipinski definition) is 4. The molecule has 0 amide bonds. The molecule has 0 radical (unpaired) electrons. The standard InChI is InChI=1S/C14H23NO3/c1-4-7-14(2,10-16)15-9-11-5-6-13(18-3)12(17)8-11/h5-6,8,15-17H,4,7,9-10H2,1-3H3. The van der Waals surface area contributed by atoms with Crippen LogP contribution in [-0.4, -0.2) is 29.5 Å². The summed E-state index contributed by atoms with van der Waals surface area (Å²) in [4.78, 5) is 0. The van der Waals surface area contributed by atoms with Crippen LogP contribution in [0.2, 0.25) is 0 Å². The zero-order valence-electron chi connectivity index (χ0n) is 11.4. The Morgan fingerprint density at radius 2 is 2.11 bits per heavy atom. The molecule has 1 aromatic rings. The number of benzene rings is 1. The van der Waals surface area contributed by atoms with E-state index in [1.54, 1.807) is 12.1 Å². The predicted molar refractivity (Wildman–Crippen MR) is 71.9 cm³/mol. The van der Waals surface area contributed by atoms with Crippen LogP contribution in [0.4, 0.5) is 0 Å². The maximum Gasteiger partial charge on any atom is 0.160 e. The number of nitrogens with one attached hydrogen (secondary N) is 1. The zero-order valence-corrected chi connectivity index (χ0v) is 11.4. The Hall–Kier alpha value is -1.26. The summed E-state index contributed by atoms with van der Waals surface area (Å²) in [6, 6.07) is 5.31. The van der Waals surface area contributed by atoms with Crippen LogP contribution in [0.3, 0.4) is 0 Å². The Balaban J connectivity index is 2.65. The third-order valence-corrected chi connectivity index (χ3v) is 3.11. The minimum Gasteiger partial charge on any atom is -0.504 e. The fraction of sp³-hybridized carbons (Fsp3) is 0.571. The van der Waals surface area contributed by atoms with Gasteiger partial charge >= 0.3 is 0 Å². The van der Waals surface area contributed by atoms with Crippen molar-refractivity contribution in [3.63, 3.8) is 0 Å². The Kier molecular flexibility index (Phi) is 5.44. The normalized spacial score (nSPS) is 14.2. The highest BCUT2D eigenvalue weighted by atomic mass is 16.5. The van der Waals surface area contributed by atoms with Crippen molar-refractivity contribution >= 4 is 0 Å². The highest BCUT2D eigenvalue weighted by Gasteiger charge is 2.21. The lowest BCUT2D eigenvalue weighted by molar-refractivity contribution is 0.163. The molecule has 0 bridgehead atoms. The quantitative estimate of drug-likeness (QED) is 0.696. The molecule has 3 N–H and O–H groups in total. The Labute approximate surface area is 109 Å². The minimum absolute atomic E-state index is 0.100. The second-order valence-electron chi connectivity index (χ2n) is 4.83. The molecule has 0 aliphatic heterocycles. The van der Waals surface area contributed by atoms with E-state index < -0.39 is 0 Å². The SMILES string of the molecule is CCCC(C)(CO)NCc1ccc(OC)c(O)c1. The van der Waals surface area contributed by atoms with Crippen molar-refractivity contribution in [3.05, 3.63) is 23.8 Å². The van der Waals surface area contributed by atoms with Gasteiger partial charge in [0.15, 0.2) is 11.5 Å². The zero-order chi connectivity index (χ0) is 13.6. The lowest BCUT2D eigenvalue weighted by atomic mass is 9.97. The van der Waals surface area contributed by atoms with E-state index >= 15 is 0 Å². The van der Waals surface area contributed by atoms with E-state index in [1.807, 2.05) is 13.0 Å². The van der Waals surface area contributed by atoms with Gasteiger partial charge in [0.2, 0.25) is 0 Å². The van der Waals surface area contributed by atoms with E-state index in [2.05, 4.69) is 12.2 Å². The third-order valence-electron chi connectivity index (χ3n) is 3.11. The first-order valence-corrected chi connectivity index (χ1v) is 6.26. The summed E-state index contributed by atoms with van der Waals surface area (Å²) in [6.07, 6.45) is 1.92. The van der Waals surface area contributed by atoms with Gasteiger partial charge in [-0.2, -0.15) is 0 Å². The number of phenolic OH excluding ortho intramolecular Hbond substituents is 1. The molecular formula is C14H23NO3. The van der Waals surface area contributed by atoms with E-state index in [1.165, 1.54) is 7.11 Å². The summed E-state index contributed by atoms with van der Waals surface area (Å²) in [5, 5.41) is 22.4. The van der Waals surface area contributed by atoms with Crippen molar-refractivity contribution in [2.45, 2.75) is 38.8 Å². The minimum atomic E-state index is -0.274. The molecule has 18 heavy (non-hydrogen) atoms. The van der Waals surface area contributed by atoms with E-state index in [0.29, 0.717) is 12.3 Å². The van der Waals surface area contributed by atoms with Gasteiger partial charge in [-0.3, -0.25) is 0 Å². The van der Waals surface area contributed by atoms with E-state index in [9.17, 15) is 10.2 Å². The molecule has 0 spiro atoms. The molecule has 0 fully saturated rings. The largest absolute Gasteiger partial charge is 0.504 e. The summed E-state index contributed by atoms with van der Waals surface area (Å²) in [7, 11) is 1.52. The van der Waals surface area contributed by atoms with Gasteiger partial charge < -0.3 is 20.3 Å². The van der Waals surface area contributed by atoms with Crippen LogP contribution in [0.1, 0.15) is 32.3 Å². The second-order valence-corrected chi connectivity index (χ2v) is 4.83. The molecule has 4 nitrogen and oxygen atoms in total. The monoisotopic (exact) mass is 253 g/mol. The highest BCUT2D eigenvalue weighted by Crippen LogP contribution is 2.26. The number of aromatic hydroxyl groups is 1. The Morgan fingerprint density at radius 1 is 1.39 bits per heavy atom. The lowest BCUT2D eigenvalue weighted by Gasteiger charge is -2.28. The molecule has 0 saturated heterocycles. The van der Waals surface area contributed by atoms with Gasteiger partial charge in [0.25, 0.3) is 0 Å². The van der Waals surface area contributed by atoms with Gasteiger partial charge in [-0.15, -0.1) is 0 Å². The van der Waals surface area contributed by atoms with Crippen LogP contribution < -0.4 is 10.1 Å². The summed E-state index contributed by atoms with van der Waals surface area (Å²) in [5.41, 5.74) is 0.689. The van der Waals surface area contributed by atoms with Gasteiger partial charge in [0.05, 0.1) is 13.7 Å². The fourth-order valence-corrected chi connectivity index (χ4v) is 1.94. The van der Waals surface area contributed by atoms with Crippen molar-refractivity contribution < 1.29 is 14.9 Å². The van der Waals surface area contributed by atoms with Gasteiger partial charge in [-0.1, -0.05) is 19.4 Å². The number of phenols is 1. The predicted octanol–water partition coefficient (Wildman–Crippen LogP) is 2.04. The molecule has 1 aromatic carbocycles. The summed E-state index contributed by atoms with van der Waals surface area (Å²) >= 11 is 0. The molecule has 0 saturated carbocycles. The van der Waals surface area contributed by atoms with Crippen LogP contribution in [0.5, 0.6) is 11.5 Å². The van der Waals surface area contributed by atoms with Gasteiger partial charge in [-0.25, -0.2) is 0 Å². The van der Waals surface area contributed by atoms with Crippen molar-refractivity contribution in [2.24, 2.45) is 0 Å². The molecule has 0 aromatic heterocycles. The molecule has 1 rings (SSSR count). The number of ether oxygens (including phenoxy) is 1. The highest BCUT2D eigenvalue weighted by molar-refractivity contribution is 5.41. The summed E-state index contributed by atoms with van der Waals surface area (Å²) in [6.45, 7) is 4.80. The second kappa shape index (κ2) is 6.61. The molecule has 1 unspecified atom stereocenters. The lowest BCUT2D eigenvalue weighted by Crippen LogP contribution is -2.45. The third kappa shape index (κ3) is 3.89. The van der Waals surface area contributed by atoms with Crippen molar-refractivity contribution in [3.8, 4) is 11.5 Å². The molecule has 102 valence electrons. The van der Waals surface area contributed by atoms with E-state index in [-0.39, 0.29) is 17.9 Å². The smallest absolute Gasteiger partial charge is 0.160 e. The first kappa shape index (κ1) is 14.8. The van der Waals surface area contributed by atoms with Crippen molar-refractivity contribution in [1.29, 1.82) is 0 Å². The number of rotatable bonds is 7. The molecule has 0 heterocycles. The molecular weight excluding hydrogens is 230 g/mol. The topological polar surface area (TPSA) is 61.7 Å². The van der Waals surface area contributed by atoms with Gasteiger partial charge in [-0.05, 0) is 31.0 Å². The molecule has 0 aliphatic carbocycles.